The molecule has 0 heterocycles. The van der Waals surface area contributed by atoms with Crippen molar-refractivity contribution in [2.75, 3.05) is 5.73 Å². The summed E-state index contributed by atoms with van der Waals surface area (Å²) in [4.78, 5) is 0. The normalized spacial score (nSPS) is 11.8. The molecule has 0 saturated carbocycles. The summed E-state index contributed by atoms with van der Waals surface area (Å²) in [5, 5.41) is 0. The minimum Gasteiger partial charge on any atom is -0.399 e. The first kappa shape index (κ1) is 10.3. The Kier molecular flexibility index (Phi) is 3.93. The summed E-state index contributed by atoms with van der Waals surface area (Å²) in [5.41, 5.74) is 13.0. The largest absolute Gasteiger partial charge is 0.399 e. The van der Waals surface area contributed by atoms with Crippen LogP contribution in [0.3, 0.4) is 0 Å². The number of hydrogen-bond donors (Lipinski definition) is 2. The van der Waals surface area contributed by atoms with Gasteiger partial charge in [0.15, 0.2) is 0 Å². The molecule has 62 valence electrons. The van der Waals surface area contributed by atoms with E-state index in [1.807, 2.05) is 31.2 Å². The van der Waals surface area contributed by atoms with Crippen LogP contribution in [0.25, 0.3) is 0 Å². The molecule has 0 amide bonds. The Balaban J connectivity index is 0.000001000. The molecule has 4 N–H and O–H groups in total. The van der Waals surface area contributed by atoms with Crippen LogP contribution in [0.2, 0.25) is 0 Å². The summed E-state index contributed by atoms with van der Waals surface area (Å²) in [7, 11) is 0. The molecular weight excluding hydrogens is 160 g/mol. The van der Waals surface area contributed by atoms with Gasteiger partial charge in [-0.3, -0.25) is 0 Å². The van der Waals surface area contributed by atoms with E-state index in [9.17, 15) is 0 Å². The number of nitrogen functional groups attached to an aromatic ring is 1. The highest BCUT2D eigenvalue weighted by molar-refractivity contribution is 5.85. The molecule has 11 heavy (non-hydrogen) atoms. The van der Waals surface area contributed by atoms with E-state index < -0.39 is 0 Å². The molecule has 0 spiro atoms. The van der Waals surface area contributed by atoms with Crippen LogP contribution in [0.15, 0.2) is 24.3 Å². The fourth-order valence-corrected chi connectivity index (χ4v) is 0.842. The van der Waals surface area contributed by atoms with Crippen LogP contribution in [0.1, 0.15) is 18.5 Å². The predicted molar refractivity (Wildman–Crippen MR) is 50.7 cm³/mol. The van der Waals surface area contributed by atoms with E-state index in [0.29, 0.717) is 0 Å². The van der Waals surface area contributed by atoms with Gasteiger partial charge in [-0.15, -0.1) is 12.4 Å². The SMILES string of the molecule is C[C@H](N)c1cccc(N)c1.Cl. The molecule has 0 saturated heterocycles. The first-order chi connectivity index (χ1) is 4.70. The first-order valence-electron chi connectivity index (χ1n) is 3.31. The highest BCUT2D eigenvalue weighted by Gasteiger charge is 1.96. The predicted octanol–water partition coefficient (Wildman–Crippen LogP) is 1.71. The third-order valence-corrected chi connectivity index (χ3v) is 1.44. The maximum atomic E-state index is 5.63. The average molecular weight is 173 g/mol. The summed E-state index contributed by atoms with van der Waals surface area (Å²) in [6.45, 7) is 1.94. The minimum atomic E-state index is 0. The van der Waals surface area contributed by atoms with E-state index in [4.69, 9.17) is 11.5 Å². The van der Waals surface area contributed by atoms with Gasteiger partial charge in [0.1, 0.15) is 0 Å². The second-order valence-corrected chi connectivity index (χ2v) is 2.46. The van der Waals surface area contributed by atoms with Crippen molar-refractivity contribution < 1.29 is 0 Å². The van der Waals surface area contributed by atoms with Crippen LogP contribution in [0, 0.1) is 0 Å². The molecule has 0 radical (unpaired) electrons. The van der Waals surface area contributed by atoms with Crippen molar-refractivity contribution in [1.82, 2.24) is 0 Å². The maximum Gasteiger partial charge on any atom is 0.0317 e. The van der Waals surface area contributed by atoms with Gasteiger partial charge >= 0.3 is 0 Å². The molecule has 0 unspecified atom stereocenters. The Bertz CT molecular complexity index is 223. The Morgan fingerprint density at radius 2 is 2.00 bits per heavy atom. The third kappa shape index (κ3) is 2.78. The molecule has 1 rings (SSSR count). The zero-order chi connectivity index (χ0) is 7.56. The van der Waals surface area contributed by atoms with Crippen molar-refractivity contribution >= 4 is 18.1 Å². The van der Waals surface area contributed by atoms with Crippen molar-refractivity contribution in [3.8, 4) is 0 Å². The Morgan fingerprint density at radius 1 is 1.36 bits per heavy atom. The van der Waals surface area contributed by atoms with Crippen molar-refractivity contribution in [1.29, 1.82) is 0 Å². The molecular formula is C8H13ClN2. The van der Waals surface area contributed by atoms with Crippen LogP contribution in [-0.2, 0) is 0 Å². The van der Waals surface area contributed by atoms with E-state index >= 15 is 0 Å². The molecule has 0 aliphatic rings. The zero-order valence-electron chi connectivity index (χ0n) is 6.45. The van der Waals surface area contributed by atoms with Crippen LogP contribution in [0.4, 0.5) is 5.69 Å². The second kappa shape index (κ2) is 4.21. The summed E-state index contributed by atoms with van der Waals surface area (Å²) in [6.07, 6.45) is 0. The van der Waals surface area contributed by atoms with Crippen molar-refractivity contribution in [2.45, 2.75) is 13.0 Å². The first-order valence-corrected chi connectivity index (χ1v) is 3.31. The zero-order valence-corrected chi connectivity index (χ0v) is 7.27. The van der Waals surface area contributed by atoms with Crippen molar-refractivity contribution in [3.05, 3.63) is 29.8 Å². The summed E-state index contributed by atoms with van der Waals surface area (Å²) in [5.74, 6) is 0. The van der Waals surface area contributed by atoms with E-state index in [1.54, 1.807) is 0 Å². The highest BCUT2D eigenvalue weighted by Crippen LogP contribution is 2.12. The number of rotatable bonds is 1. The highest BCUT2D eigenvalue weighted by atomic mass is 35.5. The van der Waals surface area contributed by atoms with Gasteiger partial charge in [0, 0.05) is 11.7 Å². The number of anilines is 1. The number of nitrogens with two attached hydrogens (primary N) is 2. The Hall–Kier alpha value is -0.730. The molecule has 2 nitrogen and oxygen atoms in total. The molecule has 0 aromatic heterocycles. The molecule has 1 atom stereocenters. The lowest BCUT2D eigenvalue weighted by Crippen LogP contribution is -2.04. The molecule has 0 aliphatic heterocycles. The van der Waals surface area contributed by atoms with Crippen molar-refractivity contribution in [2.24, 2.45) is 5.73 Å². The molecule has 1 aromatic carbocycles. The molecule has 0 fully saturated rings. The lowest BCUT2D eigenvalue weighted by atomic mass is 10.1. The van der Waals surface area contributed by atoms with Crippen LogP contribution >= 0.6 is 12.4 Å². The lowest BCUT2D eigenvalue weighted by Gasteiger charge is -2.04. The Morgan fingerprint density at radius 3 is 2.36 bits per heavy atom. The molecule has 0 aliphatic carbocycles. The molecule has 3 heteroatoms. The summed E-state index contributed by atoms with van der Waals surface area (Å²) >= 11 is 0. The standard InChI is InChI=1S/C8H12N2.ClH/c1-6(9)7-3-2-4-8(10)5-7;/h2-6H,9-10H2,1H3;1H/t6-;/m0./s1. The summed E-state index contributed by atoms with van der Waals surface area (Å²) in [6, 6.07) is 7.70. The van der Waals surface area contributed by atoms with E-state index in [1.165, 1.54) is 0 Å². The average Bonchev–Trinajstić information content (AvgIpc) is 1.88. The summed E-state index contributed by atoms with van der Waals surface area (Å²) < 4.78 is 0. The van der Waals surface area contributed by atoms with Gasteiger partial charge < -0.3 is 11.5 Å². The van der Waals surface area contributed by atoms with Crippen LogP contribution < -0.4 is 11.5 Å². The van der Waals surface area contributed by atoms with E-state index in [2.05, 4.69) is 0 Å². The van der Waals surface area contributed by atoms with E-state index in [0.717, 1.165) is 11.3 Å². The maximum absolute atomic E-state index is 5.63. The van der Waals surface area contributed by atoms with Gasteiger partial charge in [-0.2, -0.15) is 0 Å². The van der Waals surface area contributed by atoms with Crippen LogP contribution in [-0.4, -0.2) is 0 Å². The Labute approximate surface area is 73.0 Å². The fourth-order valence-electron chi connectivity index (χ4n) is 0.842. The third-order valence-electron chi connectivity index (χ3n) is 1.44. The quantitative estimate of drug-likeness (QED) is 0.634. The van der Waals surface area contributed by atoms with Gasteiger partial charge in [0.2, 0.25) is 0 Å². The fraction of sp³-hybridized carbons (Fsp3) is 0.250. The monoisotopic (exact) mass is 172 g/mol. The number of halogens is 1. The number of benzene rings is 1. The molecule has 1 aromatic rings. The van der Waals surface area contributed by atoms with E-state index in [-0.39, 0.29) is 18.4 Å². The molecule has 0 bridgehead atoms. The number of hydrogen-bond acceptors (Lipinski definition) is 2. The minimum absolute atomic E-state index is 0. The van der Waals surface area contributed by atoms with Gasteiger partial charge in [0.25, 0.3) is 0 Å². The van der Waals surface area contributed by atoms with Gasteiger partial charge in [-0.1, -0.05) is 12.1 Å². The second-order valence-electron chi connectivity index (χ2n) is 2.46. The van der Waals surface area contributed by atoms with Crippen LogP contribution in [0.5, 0.6) is 0 Å². The van der Waals surface area contributed by atoms with Gasteiger partial charge in [0.05, 0.1) is 0 Å². The smallest absolute Gasteiger partial charge is 0.0317 e. The van der Waals surface area contributed by atoms with Gasteiger partial charge in [-0.25, -0.2) is 0 Å². The van der Waals surface area contributed by atoms with Gasteiger partial charge in [-0.05, 0) is 24.6 Å². The lowest BCUT2D eigenvalue weighted by molar-refractivity contribution is 0.819. The topological polar surface area (TPSA) is 52.0 Å². The van der Waals surface area contributed by atoms with Crippen molar-refractivity contribution in [3.63, 3.8) is 0 Å².